The molecule has 1 aromatic carbocycles. The second-order valence-corrected chi connectivity index (χ2v) is 4.95. The number of methoxy groups -OCH3 is 1. The molecular weight excluding hydrogens is 297 g/mol. The highest BCUT2D eigenvalue weighted by atomic mass is 35.5. The molecule has 2 rings (SSSR count). The van der Waals surface area contributed by atoms with Crippen LogP contribution in [0.25, 0.3) is 11.1 Å². The van der Waals surface area contributed by atoms with E-state index < -0.39 is 0 Å². The average molecular weight is 310 g/mol. The Bertz CT molecular complexity index is 629. The van der Waals surface area contributed by atoms with Crippen LogP contribution in [-0.4, -0.2) is 18.1 Å². The number of esters is 1. The number of pyridine rings is 1. The highest BCUT2D eigenvalue weighted by Crippen LogP contribution is 2.33. The van der Waals surface area contributed by atoms with E-state index in [2.05, 4.69) is 9.72 Å². The second kappa shape index (κ2) is 6.73. The van der Waals surface area contributed by atoms with E-state index in [-0.39, 0.29) is 12.4 Å². The number of halogens is 2. The van der Waals surface area contributed by atoms with E-state index >= 15 is 0 Å². The van der Waals surface area contributed by atoms with Crippen molar-refractivity contribution < 1.29 is 9.53 Å². The van der Waals surface area contributed by atoms with E-state index in [1.165, 1.54) is 7.11 Å². The zero-order valence-electron chi connectivity index (χ0n) is 10.9. The Hall–Kier alpha value is -1.58. The predicted molar refractivity (Wildman–Crippen MR) is 80.0 cm³/mol. The van der Waals surface area contributed by atoms with Gasteiger partial charge in [0.2, 0.25) is 0 Å². The maximum Gasteiger partial charge on any atom is 0.305 e. The van der Waals surface area contributed by atoms with Crippen LogP contribution in [0.3, 0.4) is 0 Å². The van der Waals surface area contributed by atoms with Crippen molar-refractivity contribution in [3.05, 3.63) is 52.3 Å². The van der Waals surface area contributed by atoms with Crippen molar-refractivity contribution in [3.63, 3.8) is 0 Å². The summed E-state index contributed by atoms with van der Waals surface area (Å²) in [6, 6.07) is 9.34. The van der Waals surface area contributed by atoms with Gasteiger partial charge in [0.1, 0.15) is 5.15 Å². The normalized spacial score (nSPS) is 10.3. The Morgan fingerprint density at radius 2 is 1.95 bits per heavy atom. The summed E-state index contributed by atoms with van der Waals surface area (Å²) in [5, 5.41) is 1.01. The Morgan fingerprint density at radius 3 is 2.65 bits per heavy atom. The molecule has 0 aliphatic heterocycles. The Labute approximate surface area is 127 Å². The fourth-order valence-electron chi connectivity index (χ4n) is 1.97. The first kappa shape index (κ1) is 14.8. The molecular formula is C15H13Cl2NO2. The van der Waals surface area contributed by atoms with E-state index in [1.54, 1.807) is 6.20 Å². The molecule has 2 aromatic rings. The number of aromatic nitrogens is 1. The molecule has 0 spiro atoms. The molecule has 0 saturated carbocycles. The van der Waals surface area contributed by atoms with Crippen LogP contribution in [0.1, 0.15) is 12.0 Å². The summed E-state index contributed by atoms with van der Waals surface area (Å²) in [6.07, 6.45) is 2.34. The number of hydrogen-bond donors (Lipinski definition) is 0. The lowest BCUT2D eigenvalue weighted by molar-refractivity contribution is -0.140. The van der Waals surface area contributed by atoms with Crippen LogP contribution in [0, 0.1) is 0 Å². The fraction of sp³-hybridized carbons (Fsp3) is 0.200. The van der Waals surface area contributed by atoms with Gasteiger partial charge >= 0.3 is 5.97 Å². The van der Waals surface area contributed by atoms with Crippen molar-refractivity contribution in [2.24, 2.45) is 0 Å². The lowest BCUT2D eigenvalue weighted by atomic mass is 9.98. The van der Waals surface area contributed by atoms with E-state index in [0.29, 0.717) is 16.6 Å². The second-order valence-electron chi connectivity index (χ2n) is 4.18. The molecule has 0 bridgehead atoms. The summed E-state index contributed by atoms with van der Waals surface area (Å²) in [6.45, 7) is 0. The van der Waals surface area contributed by atoms with Crippen molar-refractivity contribution in [2.45, 2.75) is 12.8 Å². The van der Waals surface area contributed by atoms with Gasteiger partial charge in [0.25, 0.3) is 0 Å². The number of benzene rings is 1. The quantitative estimate of drug-likeness (QED) is 0.629. The summed E-state index contributed by atoms with van der Waals surface area (Å²) in [7, 11) is 1.36. The number of carbonyl (C=O) groups excluding carboxylic acids is 1. The first-order valence-electron chi connectivity index (χ1n) is 6.08. The van der Waals surface area contributed by atoms with Gasteiger partial charge in [-0.2, -0.15) is 0 Å². The van der Waals surface area contributed by atoms with Crippen LogP contribution in [0.4, 0.5) is 0 Å². The largest absolute Gasteiger partial charge is 0.469 e. The van der Waals surface area contributed by atoms with Crippen LogP contribution < -0.4 is 0 Å². The maximum atomic E-state index is 11.3. The van der Waals surface area contributed by atoms with E-state index in [4.69, 9.17) is 23.2 Å². The summed E-state index contributed by atoms with van der Waals surface area (Å²) >= 11 is 12.4. The van der Waals surface area contributed by atoms with Crippen molar-refractivity contribution in [1.29, 1.82) is 0 Å². The smallest absolute Gasteiger partial charge is 0.305 e. The molecule has 0 N–H and O–H groups in total. The third-order valence-electron chi connectivity index (χ3n) is 2.97. The van der Waals surface area contributed by atoms with Gasteiger partial charge in [-0.15, -0.1) is 0 Å². The molecule has 0 amide bonds. The molecule has 0 saturated heterocycles. The van der Waals surface area contributed by atoms with Crippen LogP contribution >= 0.6 is 23.2 Å². The third kappa shape index (κ3) is 3.30. The molecule has 20 heavy (non-hydrogen) atoms. The number of rotatable bonds is 4. The minimum atomic E-state index is -0.282. The number of nitrogens with zero attached hydrogens (tertiary/aromatic N) is 1. The Kier molecular flexibility index (Phi) is 4.99. The van der Waals surface area contributed by atoms with Crippen LogP contribution in [0.2, 0.25) is 10.2 Å². The van der Waals surface area contributed by atoms with Gasteiger partial charge in [0, 0.05) is 23.2 Å². The molecule has 1 aromatic heterocycles. The molecule has 0 atom stereocenters. The monoisotopic (exact) mass is 309 g/mol. The highest BCUT2D eigenvalue weighted by Gasteiger charge is 2.14. The zero-order chi connectivity index (χ0) is 14.5. The van der Waals surface area contributed by atoms with Gasteiger partial charge < -0.3 is 4.74 Å². The first-order chi connectivity index (χ1) is 9.63. The van der Waals surface area contributed by atoms with Crippen LogP contribution in [0.15, 0.2) is 36.5 Å². The van der Waals surface area contributed by atoms with Crippen molar-refractivity contribution >= 4 is 29.2 Å². The van der Waals surface area contributed by atoms with Gasteiger partial charge in [0.05, 0.1) is 7.11 Å². The van der Waals surface area contributed by atoms with Gasteiger partial charge in [-0.25, -0.2) is 4.98 Å². The molecule has 0 aliphatic rings. The lowest BCUT2D eigenvalue weighted by Gasteiger charge is -2.11. The van der Waals surface area contributed by atoms with Gasteiger partial charge in [-0.1, -0.05) is 41.4 Å². The van der Waals surface area contributed by atoms with Gasteiger partial charge in [0.15, 0.2) is 0 Å². The molecule has 5 heteroatoms. The number of hydrogen-bond acceptors (Lipinski definition) is 3. The highest BCUT2D eigenvalue weighted by molar-refractivity contribution is 6.34. The Balaban J connectivity index is 2.41. The molecule has 104 valence electrons. The van der Waals surface area contributed by atoms with Crippen LogP contribution in [0.5, 0.6) is 0 Å². The fourth-order valence-corrected chi connectivity index (χ4v) is 2.46. The van der Waals surface area contributed by atoms with E-state index in [1.807, 2.05) is 30.3 Å². The summed E-state index contributed by atoms with van der Waals surface area (Å²) in [5.74, 6) is -0.282. The standard InChI is InChI=1S/C15H13Cl2NO2/c1-20-14(19)7-6-12-10(8-9-18-15(12)17)11-4-2-3-5-13(11)16/h2-5,8-9H,6-7H2,1H3. The Morgan fingerprint density at radius 1 is 1.20 bits per heavy atom. The number of ether oxygens (including phenoxy) is 1. The van der Waals surface area contributed by atoms with Gasteiger partial charge in [-0.3, -0.25) is 4.79 Å². The maximum absolute atomic E-state index is 11.3. The minimum Gasteiger partial charge on any atom is -0.469 e. The van der Waals surface area contributed by atoms with Crippen LogP contribution in [-0.2, 0) is 16.0 Å². The van der Waals surface area contributed by atoms with E-state index in [0.717, 1.165) is 16.7 Å². The molecule has 0 radical (unpaired) electrons. The summed E-state index contributed by atoms with van der Waals surface area (Å²) in [5.41, 5.74) is 2.56. The van der Waals surface area contributed by atoms with Crippen molar-refractivity contribution in [1.82, 2.24) is 4.98 Å². The first-order valence-corrected chi connectivity index (χ1v) is 6.84. The molecule has 3 nitrogen and oxygen atoms in total. The molecule has 0 aliphatic carbocycles. The van der Waals surface area contributed by atoms with E-state index in [9.17, 15) is 4.79 Å². The molecule has 0 fully saturated rings. The summed E-state index contributed by atoms with van der Waals surface area (Å²) < 4.78 is 4.65. The SMILES string of the molecule is COC(=O)CCc1c(-c2ccccc2Cl)ccnc1Cl. The van der Waals surface area contributed by atoms with Gasteiger partial charge in [-0.05, 0) is 29.7 Å². The van der Waals surface area contributed by atoms with Crippen molar-refractivity contribution in [3.8, 4) is 11.1 Å². The lowest BCUT2D eigenvalue weighted by Crippen LogP contribution is -2.04. The predicted octanol–water partition coefficient (Wildman–Crippen LogP) is 4.16. The van der Waals surface area contributed by atoms with Crippen molar-refractivity contribution in [2.75, 3.05) is 7.11 Å². The number of carbonyl (C=O) groups is 1. The zero-order valence-corrected chi connectivity index (χ0v) is 12.4. The third-order valence-corrected chi connectivity index (χ3v) is 3.63. The molecule has 1 heterocycles. The average Bonchev–Trinajstić information content (AvgIpc) is 2.46. The topological polar surface area (TPSA) is 39.2 Å². The summed E-state index contributed by atoms with van der Waals surface area (Å²) in [4.78, 5) is 15.4. The molecule has 0 unspecified atom stereocenters. The minimum absolute atomic E-state index is 0.249.